The number of unbranched alkanes of at least 4 members (excludes halogenated alkanes) is 3. The number of hydrogen-bond acceptors (Lipinski definition) is 7. The summed E-state index contributed by atoms with van der Waals surface area (Å²) in [5, 5.41) is 18.0. The average Bonchev–Trinajstić information content (AvgIpc) is 3.65. The van der Waals surface area contributed by atoms with Gasteiger partial charge in [0.15, 0.2) is 5.71 Å². The maximum Gasteiger partial charge on any atom is 0.303 e. The monoisotopic (exact) mass is 954 g/mol. The van der Waals surface area contributed by atoms with E-state index in [2.05, 4.69) is 116 Å². The van der Waals surface area contributed by atoms with Crippen LogP contribution in [0, 0.1) is 5.41 Å². The van der Waals surface area contributed by atoms with Crippen molar-refractivity contribution in [2.24, 2.45) is 5.41 Å². The number of allylic oxidation sites excluding steroid dienone is 8. The number of fused-ring (bicyclic) bond motifs is 2. The number of carboxylic acids is 1. The van der Waals surface area contributed by atoms with E-state index >= 15 is 0 Å². The standard InChI is InChI=1S/C54H76N6O7S/c1-10-14-34-60-44-22-18-17-21-42(44)52(5,6)46(60)29-25-39-35-40(38-54(37-39,50(64)56-13-4)51(65)57-31-19-15-16-24-49(62)63)26-30-47-53(7,8)43-36-41(27-28-45(43)59(47)32-11-2)68(66,67)58(9)33-20-23-48(61)55-12-3/h17-18,21-22,25-30,35-36H,10-16,19-20,23-24,31-34,37-38H2,1-9H3,(H3-,55,56,57,61,62,63,64,65)/p+1. The number of sulfonamides is 1. The number of nitrogens with zero attached hydrogens (tertiary/aromatic N) is 3. The Morgan fingerprint density at radius 1 is 0.794 bits per heavy atom. The summed E-state index contributed by atoms with van der Waals surface area (Å²) in [6.45, 7) is 19.6. The fourth-order valence-electron chi connectivity index (χ4n) is 9.91. The van der Waals surface area contributed by atoms with Gasteiger partial charge in [0.25, 0.3) is 0 Å². The number of anilines is 1. The van der Waals surface area contributed by atoms with Gasteiger partial charge in [-0.3, -0.25) is 19.2 Å². The summed E-state index contributed by atoms with van der Waals surface area (Å²) in [4.78, 5) is 54.7. The van der Waals surface area contributed by atoms with Crippen LogP contribution in [0.15, 0.2) is 94.6 Å². The third-order valence-electron chi connectivity index (χ3n) is 13.7. The number of carbonyl (C=O) groups is 4. The molecule has 1 aliphatic carbocycles. The van der Waals surface area contributed by atoms with Gasteiger partial charge in [-0.1, -0.05) is 77.0 Å². The van der Waals surface area contributed by atoms with Gasteiger partial charge in [-0.25, -0.2) is 12.7 Å². The van der Waals surface area contributed by atoms with Crippen LogP contribution in [0.1, 0.15) is 137 Å². The van der Waals surface area contributed by atoms with Crippen molar-refractivity contribution >= 4 is 50.8 Å². The molecule has 0 radical (unpaired) electrons. The molecule has 5 rings (SSSR count). The second-order valence-electron chi connectivity index (χ2n) is 19.5. The molecule has 14 heteroatoms. The lowest BCUT2D eigenvalue weighted by molar-refractivity contribution is -0.438. The van der Waals surface area contributed by atoms with Gasteiger partial charge in [0, 0.05) is 93.5 Å². The molecule has 2 heterocycles. The quantitative estimate of drug-likeness (QED) is 0.0461. The van der Waals surface area contributed by atoms with Crippen LogP contribution >= 0.6 is 0 Å². The summed E-state index contributed by atoms with van der Waals surface area (Å²) in [6.07, 6.45) is 16.1. The van der Waals surface area contributed by atoms with Crippen LogP contribution in [0.5, 0.6) is 0 Å². The number of aliphatic carboxylic acids is 1. The Hall–Kier alpha value is -5.34. The Balaban J connectivity index is 1.58. The molecule has 13 nitrogen and oxygen atoms in total. The maximum atomic E-state index is 14.6. The third-order valence-corrected chi connectivity index (χ3v) is 15.5. The lowest BCUT2D eigenvalue weighted by Crippen LogP contribution is -2.52. The van der Waals surface area contributed by atoms with E-state index in [0.717, 1.165) is 59.6 Å². The van der Waals surface area contributed by atoms with Crippen LogP contribution < -0.4 is 20.9 Å². The summed E-state index contributed by atoms with van der Waals surface area (Å²) in [5.74, 6) is -1.67. The van der Waals surface area contributed by atoms with Crippen molar-refractivity contribution in [1.82, 2.24) is 20.3 Å². The molecule has 370 valence electrons. The Morgan fingerprint density at radius 3 is 2.21 bits per heavy atom. The molecular formula is C54H77N6O7S+. The molecule has 1 atom stereocenters. The molecule has 2 aromatic rings. The van der Waals surface area contributed by atoms with E-state index in [0.29, 0.717) is 51.9 Å². The Labute approximate surface area is 406 Å². The first-order valence-electron chi connectivity index (χ1n) is 24.8. The molecule has 2 aromatic carbocycles. The zero-order chi connectivity index (χ0) is 49.9. The lowest BCUT2D eigenvalue weighted by atomic mass is 9.70. The molecule has 0 aromatic heterocycles. The molecule has 0 fully saturated rings. The van der Waals surface area contributed by atoms with Gasteiger partial charge in [-0.05, 0) is 107 Å². The summed E-state index contributed by atoms with van der Waals surface area (Å²) < 4.78 is 31.6. The van der Waals surface area contributed by atoms with Crippen LogP contribution in [-0.4, -0.2) is 98.1 Å². The molecule has 0 spiro atoms. The molecule has 1 unspecified atom stereocenters. The maximum absolute atomic E-state index is 14.6. The van der Waals surface area contributed by atoms with Crippen molar-refractivity contribution in [3.05, 3.63) is 101 Å². The minimum atomic E-state index is -3.86. The highest BCUT2D eigenvalue weighted by atomic mass is 32.2. The van der Waals surface area contributed by atoms with Gasteiger partial charge in [0.05, 0.1) is 10.3 Å². The van der Waals surface area contributed by atoms with Crippen molar-refractivity contribution < 1.29 is 37.3 Å². The number of carbonyl (C=O) groups excluding carboxylic acids is 3. The smallest absolute Gasteiger partial charge is 0.303 e. The topological polar surface area (TPSA) is 168 Å². The van der Waals surface area contributed by atoms with Crippen LogP contribution in [0.4, 0.5) is 11.4 Å². The Bertz CT molecular complexity index is 2460. The van der Waals surface area contributed by atoms with Crippen LogP contribution in [0.2, 0.25) is 0 Å². The van der Waals surface area contributed by atoms with Crippen molar-refractivity contribution in [3.8, 4) is 0 Å². The summed E-state index contributed by atoms with van der Waals surface area (Å²) >= 11 is 0. The van der Waals surface area contributed by atoms with Gasteiger partial charge in [-0.2, -0.15) is 4.58 Å². The predicted molar refractivity (Wildman–Crippen MR) is 272 cm³/mol. The fourth-order valence-corrected chi connectivity index (χ4v) is 11.2. The number of rotatable bonds is 24. The van der Waals surface area contributed by atoms with E-state index in [1.165, 1.54) is 15.6 Å². The summed E-state index contributed by atoms with van der Waals surface area (Å²) in [6, 6.07) is 13.8. The minimum Gasteiger partial charge on any atom is -0.481 e. The summed E-state index contributed by atoms with van der Waals surface area (Å²) in [5.41, 5.74) is 5.60. The van der Waals surface area contributed by atoms with Crippen molar-refractivity contribution in [2.75, 3.05) is 51.2 Å². The molecule has 0 saturated carbocycles. The fraction of sp³-hybridized carbons (Fsp3) is 0.537. The van der Waals surface area contributed by atoms with Crippen molar-refractivity contribution in [3.63, 3.8) is 0 Å². The van der Waals surface area contributed by atoms with E-state index < -0.39 is 26.8 Å². The highest BCUT2D eigenvalue weighted by molar-refractivity contribution is 7.89. The molecule has 3 amide bonds. The Kier molecular flexibility index (Phi) is 18.4. The molecule has 68 heavy (non-hydrogen) atoms. The van der Waals surface area contributed by atoms with Crippen LogP contribution in [-0.2, 0) is 40.0 Å². The van der Waals surface area contributed by atoms with Crippen LogP contribution in [0.3, 0.4) is 0 Å². The molecule has 4 N–H and O–H groups in total. The zero-order valence-electron chi connectivity index (χ0n) is 42.1. The normalized spacial score (nSPS) is 19.7. The largest absolute Gasteiger partial charge is 0.481 e. The van der Waals surface area contributed by atoms with E-state index in [1.807, 2.05) is 26.0 Å². The number of benzene rings is 2. The highest BCUT2D eigenvalue weighted by Gasteiger charge is 2.49. The van der Waals surface area contributed by atoms with E-state index in [4.69, 9.17) is 5.11 Å². The van der Waals surface area contributed by atoms with E-state index in [9.17, 15) is 27.6 Å². The second-order valence-corrected chi connectivity index (χ2v) is 21.5. The van der Waals surface area contributed by atoms with Crippen molar-refractivity contribution in [2.45, 2.75) is 142 Å². The first kappa shape index (κ1) is 53.6. The van der Waals surface area contributed by atoms with Gasteiger partial charge < -0.3 is 26.0 Å². The highest BCUT2D eigenvalue weighted by Crippen LogP contribution is 2.49. The molecule has 0 bridgehead atoms. The summed E-state index contributed by atoms with van der Waals surface area (Å²) in [7, 11) is -2.32. The van der Waals surface area contributed by atoms with Gasteiger partial charge in [-0.15, -0.1) is 0 Å². The number of amides is 3. The molecule has 2 aliphatic heterocycles. The molecule has 0 saturated heterocycles. The SMILES string of the molecule is CCCC[N+]1=C(/C=C/C2=CC(=C/C=C3/N(CCC)c4ccc(S(=O)(=O)N(C)CCCC(=O)NCC)cc4C3(C)C)/CC(C(=O)NCC)(C(=O)NCCCCCC(=O)O)C2)C(C)(C)c2ccccc21. The first-order chi connectivity index (χ1) is 32.3. The van der Waals surface area contributed by atoms with Gasteiger partial charge in [0.2, 0.25) is 33.4 Å². The number of carboxylic acid groups (broad SMARTS) is 1. The zero-order valence-corrected chi connectivity index (χ0v) is 42.9. The second kappa shape index (κ2) is 23.3. The van der Waals surface area contributed by atoms with Crippen molar-refractivity contribution in [1.29, 1.82) is 0 Å². The Morgan fingerprint density at radius 2 is 1.51 bits per heavy atom. The molecular weight excluding hydrogens is 877 g/mol. The number of para-hydroxylation sites is 1. The van der Waals surface area contributed by atoms with Gasteiger partial charge in [0.1, 0.15) is 12.0 Å². The number of hydrogen-bond donors (Lipinski definition) is 4. The number of nitrogens with one attached hydrogen (secondary N) is 3. The van der Waals surface area contributed by atoms with Gasteiger partial charge >= 0.3 is 5.97 Å². The average molecular weight is 954 g/mol. The van der Waals surface area contributed by atoms with Crippen LogP contribution in [0.25, 0.3) is 0 Å². The lowest BCUT2D eigenvalue weighted by Gasteiger charge is -2.35. The minimum absolute atomic E-state index is 0.0639. The van der Waals surface area contributed by atoms with E-state index in [1.54, 1.807) is 19.2 Å². The predicted octanol–water partition coefficient (Wildman–Crippen LogP) is 8.58. The third kappa shape index (κ3) is 11.9. The molecule has 3 aliphatic rings. The first-order valence-corrected chi connectivity index (χ1v) is 26.2. The van der Waals surface area contributed by atoms with E-state index in [-0.39, 0.29) is 60.3 Å².